The van der Waals surface area contributed by atoms with Gasteiger partial charge in [-0.05, 0) is 24.0 Å². The highest BCUT2D eigenvalue weighted by Crippen LogP contribution is 2.30. The van der Waals surface area contributed by atoms with Gasteiger partial charge in [-0.1, -0.05) is 49.0 Å². The Balaban J connectivity index is 2.00. The molecule has 5 heteroatoms. The van der Waals surface area contributed by atoms with Gasteiger partial charge in [-0.25, -0.2) is 4.98 Å². The Morgan fingerprint density at radius 3 is 2.67 bits per heavy atom. The second kappa shape index (κ2) is 5.82. The summed E-state index contributed by atoms with van der Waals surface area (Å²) in [5, 5.41) is 10.4. The van der Waals surface area contributed by atoms with Crippen molar-refractivity contribution in [1.29, 1.82) is 0 Å². The Labute approximate surface area is 115 Å². The Morgan fingerprint density at radius 1 is 1.33 bits per heavy atom. The molecular weight excluding hydrogens is 264 g/mol. The summed E-state index contributed by atoms with van der Waals surface area (Å²) >= 11 is 2.95. The molecule has 0 spiro atoms. The van der Waals surface area contributed by atoms with Crippen LogP contribution in [0.25, 0.3) is 0 Å². The summed E-state index contributed by atoms with van der Waals surface area (Å²) < 4.78 is 5.16. The molecule has 0 amide bonds. The number of aliphatic hydroxyl groups is 1. The maximum absolute atomic E-state index is 10.4. The molecule has 0 aliphatic rings. The maximum atomic E-state index is 10.4. The lowest BCUT2D eigenvalue weighted by Gasteiger charge is -2.22. The Bertz CT molecular complexity index is 497. The molecule has 1 aromatic heterocycles. The molecule has 2 aromatic rings. The van der Waals surface area contributed by atoms with Crippen LogP contribution in [0.3, 0.4) is 0 Å². The predicted molar refractivity (Wildman–Crippen MR) is 76.0 cm³/mol. The van der Waals surface area contributed by atoms with E-state index in [1.54, 1.807) is 11.8 Å². The predicted octanol–water partition coefficient (Wildman–Crippen LogP) is 3.10. The van der Waals surface area contributed by atoms with Crippen LogP contribution in [0.1, 0.15) is 25.2 Å². The molecule has 0 radical (unpaired) electrons. The number of hydrogen-bond acceptors (Lipinski definition) is 5. The third-order valence-electron chi connectivity index (χ3n) is 2.64. The normalized spacial score (nSPS) is 14.4. The minimum atomic E-state index is -0.843. The van der Waals surface area contributed by atoms with Gasteiger partial charge in [0.2, 0.25) is 0 Å². The van der Waals surface area contributed by atoms with E-state index in [-0.39, 0.29) is 0 Å². The van der Waals surface area contributed by atoms with Crippen molar-refractivity contribution in [3.05, 3.63) is 41.7 Å². The minimum Gasteiger partial charge on any atom is -0.385 e. The van der Waals surface area contributed by atoms with E-state index in [1.807, 2.05) is 44.2 Å². The fourth-order valence-electron chi connectivity index (χ4n) is 1.52. The summed E-state index contributed by atoms with van der Waals surface area (Å²) in [7, 11) is 0. The van der Waals surface area contributed by atoms with Gasteiger partial charge in [-0.2, -0.15) is 4.37 Å². The van der Waals surface area contributed by atoms with Crippen molar-refractivity contribution in [1.82, 2.24) is 9.36 Å². The van der Waals surface area contributed by atoms with E-state index in [1.165, 1.54) is 11.5 Å². The average Bonchev–Trinajstić information content (AvgIpc) is 2.86. The zero-order valence-electron chi connectivity index (χ0n) is 10.5. The van der Waals surface area contributed by atoms with Crippen LogP contribution in [-0.2, 0) is 12.0 Å². The van der Waals surface area contributed by atoms with Crippen molar-refractivity contribution in [2.75, 3.05) is 5.75 Å². The molecule has 96 valence electrons. The molecular formula is C13H16N2OS2. The van der Waals surface area contributed by atoms with Crippen molar-refractivity contribution in [3.63, 3.8) is 0 Å². The lowest BCUT2D eigenvalue weighted by atomic mass is 9.99. The van der Waals surface area contributed by atoms with Gasteiger partial charge in [0.25, 0.3) is 0 Å². The van der Waals surface area contributed by atoms with Crippen molar-refractivity contribution in [2.45, 2.75) is 30.2 Å². The van der Waals surface area contributed by atoms with Crippen LogP contribution in [0.4, 0.5) is 0 Å². The van der Waals surface area contributed by atoms with E-state index in [2.05, 4.69) is 9.36 Å². The van der Waals surface area contributed by atoms with Gasteiger partial charge < -0.3 is 5.11 Å². The molecule has 0 bridgehead atoms. The average molecular weight is 280 g/mol. The first-order valence-electron chi connectivity index (χ1n) is 5.85. The zero-order chi connectivity index (χ0) is 13.0. The third-order valence-corrected chi connectivity index (χ3v) is 4.81. The van der Waals surface area contributed by atoms with Crippen LogP contribution in [0.5, 0.6) is 0 Å². The van der Waals surface area contributed by atoms with E-state index >= 15 is 0 Å². The molecule has 1 unspecified atom stereocenters. The standard InChI is InChI=1S/C13H16N2OS2/c1-3-11-14-12(18-15-11)17-9-13(2,16)10-7-5-4-6-8-10/h4-8,16H,3,9H2,1-2H3. The summed E-state index contributed by atoms with van der Waals surface area (Å²) in [4.78, 5) is 4.38. The van der Waals surface area contributed by atoms with Crippen molar-refractivity contribution in [2.24, 2.45) is 0 Å². The molecule has 0 saturated carbocycles. The van der Waals surface area contributed by atoms with Crippen molar-refractivity contribution in [3.8, 4) is 0 Å². The van der Waals surface area contributed by atoms with Crippen molar-refractivity contribution < 1.29 is 5.11 Å². The van der Waals surface area contributed by atoms with Crippen molar-refractivity contribution >= 4 is 23.3 Å². The maximum Gasteiger partial charge on any atom is 0.170 e. The summed E-state index contributed by atoms with van der Waals surface area (Å²) in [6, 6.07) is 9.71. The highest BCUT2D eigenvalue weighted by Gasteiger charge is 2.23. The number of thioether (sulfide) groups is 1. The lowest BCUT2D eigenvalue weighted by Crippen LogP contribution is -2.24. The van der Waals surface area contributed by atoms with Crippen LogP contribution < -0.4 is 0 Å². The van der Waals surface area contributed by atoms with E-state index in [9.17, 15) is 5.11 Å². The SMILES string of the molecule is CCc1nsc(SCC(C)(O)c2ccccc2)n1. The first-order chi connectivity index (χ1) is 8.62. The van der Waals surface area contributed by atoms with Gasteiger partial charge in [-0.15, -0.1) is 0 Å². The third kappa shape index (κ3) is 3.31. The lowest BCUT2D eigenvalue weighted by molar-refractivity contribution is 0.0839. The summed E-state index contributed by atoms with van der Waals surface area (Å²) in [5.41, 5.74) is 0.0852. The van der Waals surface area contributed by atoms with Gasteiger partial charge in [-0.3, -0.25) is 0 Å². The van der Waals surface area contributed by atoms with Gasteiger partial charge in [0.1, 0.15) is 5.82 Å². The zero-order valence-corrected chi connectivity index (χ0v) is 12.1. The fraction of sp³-hybridized carbons (Fsp3) is 0.385. The van der Waals surface area contributed by atoms with Crippen LogP contribution in [-0.4, -0.2) is 20.2 Å². The van der Waals surface area contributed by atoms with Gasteiger partial charge in [0, 0.05) is 12.2 Å². The first-order valence-corrected chi connectivity index (χ1v) is 7.61. The molecule has 1 N–H and O–H groups in total. The summed E-state index contributed by atoms with van der Waals surface area (Å²) in [6.07, 6.45) is 0.853. The number of nitrogens with zero attached hydrogens (tertiary/aromatic N) is 2. The highest BCUT2D eigenvalue weighted by atomic mass is 32.2. The van der Waals surface area contributed by atoms with Crippen LogP contribution in [0, 0.1) is 0 Å². The van der Waals surface area contributed by atoms with Crippen LogP contribution >= 0.6 is 23.3 Å². The van der Waals surface area contributed by atoms with E-state index in [4.69, 9.17) is 0 Å². The molecule has 1 aromatic carbocycles. The quantitative estimate of drug-likeness (QED) is 0.855. The van der Waals surface area contributed by atoms with Gasteiger partial charge >= 0.3 is 0 Å². The Hall–Kier alpha value is -0.910. The molecule has 3 nitrogen and oxygen atoms in total. The van der Waals surface area contributed by atoms with E-state index < -0.39 is 5.60 Å². The second-order valence-corrected chi connectivity index (χ2v) is 6.23. The monoisotopic (exact) mass is 280 g/mol. The molecule has 1 heterocycles. The van der Waals surface area contributed by atoms with E-state index in [0.717, 1.165) is 22.1 Å². The molecule has 0 fully saturated rings. The molecule has 0 aliphatic heterocycles. The second-order valence-electron chi connectivity index (χ2n) is 4.26. The summed E-state index contributed by atoms with van der Waals surface area (Å²) in [6.45, 7) is 3.87. The molecule has 0 saturated heterocycles. The topological polar surface area (TPSA) is 46.0 Å². The van der Waals surface area contributed by atoms with Gasteiger partial charge in [0.05, 0.1) is 5.60 Å². The number of aromatic nitrogens is 2. The molecule has 0 aliphatic carbocycles. The smallest absolute Gasteiger partial charge is 0.170 e. The largest absolute Gasteiger partial charge is 0.385 e. The number of benzene rings is 1. The van der Waals surface area contributed by atoms with E-state index in [0.29, 0.717) is 5.75 Å². The first kappa shape index (κ1) is 13.5. The Morgan fingerprint density at radius 2 is 2.06 bits per heavy atom. The minimum absolute atomic E-state index is 0.579. The Kier molecular flexibility index (Phi) is 4.37. The molecule has 1 atom stereocenters. The fourth-order valence-corrected chi connectivity index (χ4v) is 3.26. The van der Waals surface area contributed by atoms with Crippen LogP contribution in [0.2, 0.25) is 0 Å². The number of hydrogen-bond donors (Lipinski definition) is 1. The number of rotatable bonds is 5. The van der Waals surface area contributed by atoms with Crippen LogP contribution in [0.15, 0.2) is 34.7 Å². The molecule has 18 heavy (non-hydrogen) atoms. The summed E-state index contributed by atoms with van der Waals surface area (Å²) in [5.74, 6) is 1.46. The highest BCUT2D eigenvalue weighted by molar-refractivity contribution is 8.00. The molecule has 2 rings (SSSR count). The van der Waals surface area contributed by atoms with Gasteiger partial charge in [0.15, 0.2) is 4.34 Å². The number of aryl methyl sites for hydroxylation is 1.